The number of hydrogen-bond donors (Lipinski definition) is 2. The van der Waals surface area contributed by atoms with Crippen LogP contribution in [0.3, 0.4) is 0 Å². The largest absolute Gasteiger partial charge is 0.481 e. The fraction of sp³-hybridized carbons (Fsp3) is 0.588. The van der Waals surface area contributed by atoms with Gasteiger partial charge in [-0.3, -0.25) is 14.4 Å². The van der Waals surface area contributed by atoms with Gasteiger partial charge in [0.15, 0.2) is 0 Å². The molecule has 2 fully saturated rings. The minimum Gasteiger partial charge on any atom is -0.481 e. The summed E-state index contributed by atoms with van der Waals surface area (Å²) in [4.78, 5) is 65.7. The van der Waals surface area contributed by atoms with Gasteiger partial charge < -0.3 is 34.6 Å². The van der Waals surface area contributed by atoms with E-state index in [2.05, 4.69) is 27.1 Å². The van der Waals surface area contributed by atoms with E-state index in [1.807, 2.05) is 36.4 Å². The second kappa shape index (κ2) is 18.2. The molecule has 47 heavy (non-hydrogen) atoms. The highest BCUT2D eigenvalue weighted by atomic mass is 16.6. The molecule has 0 bridgehead atoms. The average molecular weight is 653 g/mol. The molecule has 2 aliphatic rings. The van der Waals surface area contributed by atoms with E-state index in [1.54, 1.807) is 16.9 Å². The molecule has 13 nitrogen and oxygen atoms in total. The third-order valence-electron chi connectivity index (χ3n) is 8.73. The molecule has 3 heterocycles. The van der Waals surface area contributed by atoms with Crippen molar-refractivity contribution in [1.82, 2.24) is 25.1 Å². The van der Waals surface area contributed by atoms with Gasteiger partial charge in [-0.2, -0.15) is 0 Å². The molecule has 0 aliphatic carbocycles. The number of unbranched alkanes of at least 4 members (excludes halogenated alkanes) is 2. The van der Waals surface area contributed by atoms with Crippen LogP contribution in [0.15, 0.2) is 36.4 Å². The molecule has 2 N–H and O–H groups in total. The van der Waals surface area contributed by atoms with Crippen LogP contribution in [-0.2, 0) is 19.1 Å². The van der Waals surface area contributed by atoms with Gasteiger partial charge in [0.25, 0.3) is 5.91 Å². The van der Waals surface area contributed by atoms with Gasteiger partial charge in [0.1, 0.15) is 11.9 Å². The summed E-state index contributed by atoms with van der Waals surface area (Å²) in [6, 6.07) is 10.3. The summed E-state index contributed by atoms with van der Waals surface area (Å²) in [6.45, 7) is 5.76. The number of piperazine rings is 1. The second-order valence-corrected chi connectivity index (χ2v) is 12.1. The number of piperidine rings is 1. The van der Waals surface area contributed by atoms with Gasteiger partial charge in [-0.15, -0.1) is 0 Å². The zero-order valence-electron chi connectivity index (χ0n) is 27.6. The smallest absolute Gasteiger partial charge is 0.409 e. The van der Waals surface area contributed by atoms with E-state index in [0.717, 1.165) is 63.8 Å². The Labute approximate surface area is 276 Å². The summed E-state index contributed by atoms with van der Waals surface area (Å²) in [5.41, 5.74) is 1.40. The van der Waals surface area contributed by atoms with E-state index >= 15 is 0 Å². The molecule has 1 aromatic carbocycles. The average Bonchev–Trinajstić information content (AvgIpc) is 3.11. The number of carboxylic acids is 1. The molecule has 1 aromatic heterocycles. The summed E-state index contributed by atoms with van der Waals surface area (Å²) in [5.74, 6) is -1.05. The summed E-state index contributed by atoms with van der Waals surface area (Å²) in [6.07, 6.45) is 4.95. The Hall–Kier alpha value is -4.26. The van der Waals surface area contributed by atoms with Crippen LogP contribution in [0.25, 0.3) is 11.3 Å². The molecule has 256 valence electrons. The Morgan fingerprint density at radius 3 is 2.32 bits per heavy atom. The summed E-state index contributed by atoms with van der Waals surface area (Å²) in [7, 11) is 1.71. The number of ether oxygens (including phenoxy) is 2. The first-order chi connectivity index (χ1) is 22.8. The summed E-state index contributed by atoms with van der Waals surface area (Å²) >= 11 is 0. The van der Waals surface area contributed by atoms with E-state index in [0.29, 0.717) is 24.0 Å². The number of hydrogen-bond acceptors (Lipinski definition) is 9. The van der Waals surface area contributed by atoms with Crippen LogP contribution in [0.4, 0.5) is 10.6 Å². The van der Waals surface area contributed by atoms with Gasteiger partial charge >= 0.3 is 12.1 Å². The lowest BCUT2D eigenvalue weighted by Gasteiger charge is -2.36. The first-order valence-corrected chi connectivity index (χ1v) is 16.7. The zero-order chi connectivity index (χ0) is 33.6. The van der Waals surface area contributed by atoms with E-state index < -0.39 is 29.9 Å². The first-order valence-electron chi connectivity index (χ1n) is 16.7. The number of nitrogens with one attached hydrogen (secondary N) is 1. The topological polar surface area (TPSA) is 154 Å². The Balaban J connectivity index is 1.47. The number of aromatic nitrogens is 2. The molecule has 0 radical (unpaired) electrons. The maximum Gasteiger partial charge on any atom is 0.409 e. The lowest BCUT2D eigenvalue weighted by molar-refractivity contribution is -0.138. The minimum absolute atomic E-state index is 0.0911. The SMILES string of the molecule is CCCCCOC(=O)N1CCN(C(=O)[C@H](CCC(=O)O)NC(=O)c2nc(-c3ccccc3)cc(N3CCC(CCOC)CC3)n2)CC1. The number of carbonyl (C=O) groups is 4. The maximum atomic E-state index is 13.7. The van der Waals surface area contributed by atoms with Crippen LogP contribution in [0.2, 0.25) is 0 Å². The second-order valence-electron chi connectivity index (χ2n) is 12.1. The Bertz CT molecular complexity index is 1330. The van der Waals surface area contributed by atoms with Crippen molar-refractivity contribution in [1.29, 1.82) is 0 Å². The predicted molar refractivity (Wildman–Crippen MR) is 176 cm³/mol. The lowest BCUT2D eigenvalue weighted by Crippen LogP contribution is -2.56. The molecule has 2 aliphatic heterocycles. The van der Waals surface area contributed by atoms with Crippen molar-refractivity contribution in [3.63, 3.8) is 0 Å². The van der Waals surface area contributed by atoms with Crippen LogP contribution in [0, 0.1) is 5.92 Å². The first kappa shape index (κ1) is 35.6. The molecule has 0 saturated carbocycles. The van der Waals surface area contributed by atoms with E-state index in [9.17, 15) is 24.3 Å². The van der Waals surface area contributed by atoms with Gasteiger partial charge in [-0.1, -0.05) is 50.1 Å². The Kier molecular flexibility index (Phi) is 13.8. The lowest BCUT2D eigenvalue weighted by atomic mass is 9.94. The fourth-order valence-electron chi connectivity index (χ4n) is 5.87. The number of carboxylic acid groups (broad SMARTS) is 1. The fourth-order valence-corrected chi connectivity index (χ4v) is 5.87. The number of rotatable bonds is 15. The van der Waals surface area contributed by atoms with Crippen molar-refractivity contribution in [2.75, 3.05) is 64.5 Å². The normalized spacial score (nSPS) is 16.1. The molecule has 1 atom stereocenters. The molecule has 4 rings (SSSR count). The van der Waals surface area contributed by atoms with Crippen LogP contribution in [-0.4, -0.2) is 114 Å². The number of methoxy groups -OCH3 is 1. The zero-order valence-corrected chi connectivity index (χ0v) is 27.6. The van der Waals surface area contributed by atoms with Crippen molar-refractivity contribution >= 4 is 29.7 Å². The van der Waals surface area contributed by atoms with Crippen molar-refractivity contribution in [3.8, 4) is 11.3 Å². The number of nitrogens with zero attached hydrogens (tertiary/aromatic N) is 5. The predicted octanol–water partition coefficient (Wildman–Crippen LogP) is 3.83. The highest BCUT2D eigenvalue weighted by molar-refractivity contribution is 5.95. The van der Waals surface area contributed by atoms with Crippen molar-refractivity contribution in [3.05, 3.63) is 42.2 Å². The standard InChI is InChI=1S/C34H48N6O7/c1-3-4-8-22-47-34(45)40-20-18-39(19-21-40)33(44)27(11-12-30(41)42)36-32(43)31-35-28(26-9-6-5-7-10-26)24-29(37-31)38-16-13-25(14-17-38)15-23-46-2/h5-7,9-10,24-25,27H,3-4,8,11-23H2,1-2H3,(H,36,43)(H,41,42)/t27-/m0/s1. The molecular formula is C34H48N6O7. The highest BCUT2D eigenvalue weighted by Crippen LogP contribution is 2.27. The quantitative estimate of drug-likeness (QED) is 0.271. The van der Waals surface area contributed by atoms with Gasteiger partial charge in [0.2, 0.25) is 11.7 Å². The monoisotopic (exact) mass is 652 g/mol. The van der Waals surface area contributed by atoms with E-state index in [1.165, 1.54) is 0 Å². The molecule has 2 saturated heterocycles. The van der Waals surface area contributed by atoms with Crippen molar-refractivity contribution in [2.24, 2.45) is 5.92 Å². The molecule has 13 heteroatoms. The number of anilines is 1. The van der Waals surface area contributed by atoms with Crippen LogP contribution in [0.5, 0.6) is 0 Å². The summed E-state index contributed by atoms with van der Waals surface area (Å²) in [5, 5.41) is 12.1. The van der Waals surface area contributed by atoms with Gasteiger partial charge in [0, 0.05) is 71.0 Å². The highest BCUT2D eigenvalue weighted by Gasteiger charge is 2.32. The minimum atomic E-state index is -1.10. The van der Waals surface area contributed by atoms with Gasteiger partial charge in [-0.05, 0) is 38.0 Å². The van der Waals surface area contributed by atoms with Crippen molar-refractivity contribution in [2.45, 2.75) is 64.3 Å². The molecule has 3 amide bonds. The third-order valence-corrected chi connectivity index (χ3v) is 8.73. The number of amides is 3. The van der Waals surface area contributed by atoms with Crippen LogP contribution >= 0.6 is 0 Å². The summed E-state index contributed by atoms with van der Waals surface area (Å²) < 4.78 is 10.6. The van der Waals surface area contributed by atoms with E-state index in [-0.39, 0.29) is 44.8 Å². The third kappa shape index (κ3) is 10.6. The van der Waals surface area contributed by atoms with E-state index in [4.69, 9.17) is 9.47 Å². The molecule has 0 unspecified atom stereocenters. The van der Waals surface area contributed by atoms with Crippen LogP contribution < -0.4 is 10.2 Å². The number of benzene rings is 1. The molecule has 0 spiro atoms. The number of aliphatic carboxylic acids is 1. The van der Waals surface area contributed by atoms with Gasteiger partial charge in [-0.25, -0.2) is 14.8 Å². The molecular weight excluding hydrogens is 604 g/mol. The maximum absolute atomic E-state index is 13.7. The van der Waals surface area contributed by atoms with Crippen molar-refractivity contribution < 1.29 is 33.8 Å². The van der Waals surface area contributed by atoms with Crippen LogP contribution in [0.1, 0.15) is 68.9 Å². The Morgan fingerprint density at radius 2 is 1.66 bits per heavy atom. The number of carbonyl (C=O) groups excluding carboxylic acids is 3. The Morgan fingerprint density at radius 1 is 0.957 bits per heavy atom. The molecule has 2 aromatic rings. The van der Waals surface area contributed by atoms with Gasteiger partial charge in [0.05, 0.1) is 12.3 Å².